The van der Waals surface area contributed by atoms with Gasteiger partial charge in [0.15, 0.2) is 0 Å². The van der Waals surface area contributed by atoms with Crippen LogP contribution >= 0.6 is 0 Å². The molecule has 0 bridgehead atoms. The molecule has 3 heterocycles. The number of likely N-dealkylation sites (tertiary alicyclic amines) is 1. The summed E-state index contributed by atoms with van der Waals surface area (Å²) in [6, 6.07) is 15.6. The number of carbonyl (C=O) groups is 1. The van der Waals surface area contributed by atoms with Crippen molar-refractivity contribution in [2.24, 2.45) is 0 Å². The van der Waals surface area contributed by atoms with Gasteiger partial charge in [0.1, 0.15) is 5.76 Å². The number of rotatable bonds is 6. The zero-order chi connectivity index (χ0) is 17.8. The van der Waals surface area contributed by atoms with Crippen molar-refractivity contribution in [2.75, 3.05) is 19.6 Å². The van der Waals surface area contributed by atoms with Gasteiger partial charge >= 0.3 is 0 Å². The Morgan fingerprint density at radius 2 is 1.88 bits per heavy atom. The van der Waals surface area contributed by atoms with Crippen LogP contribution in [0.3, 0.4) is 0 Å². The number of aromatic nitrogens is 1. The summed E-state index contributed by atoms with van der Waals surface area (Å²) < 4.78 is 7.61. The first-order valence-corrected chi connectivity index (χ1v) is 9.10. The van der Waals surface area contributed by atoms with E-state index in [2.05, 4.69) is 10.2 Å². The summed E-state index contributed by atoms with van der Waals surface area (Å²) in [6.45, 7) is 2.63. The molecule has 0 radical (unpaired) electrons. The third-order valence-corrected chi connectivity index (χ3v) is 4.92. The van der Waals surface area contributed by atoms with Crippen LogP contribution in [0.4, 0.5) is 0 Å². The molecule has 5 heteroatoms. The van der Waals surface area contributed by atoms with Gasteiger partial charge in [-0.05, 0) is 68.4 Å². The van der Waals surface area contributed by atoms with Gasteiger partial charge in [0, 0.05) is 30.2 Å². The number of hydrogen-bond acceptors (Lipinski definition) is 3. The van der Waals surface area contributed by atoms with E-state index >= 15 is 0 Å². The van der Waals surface area contributed by atoms with Crippen LogP contribution in [0.2, 0.25) is 0 Å². The van der Waals surface area contributed by atoms with Crippen molar-refractivity contribution in [1.29, 1.82) is 0 Å². The molecule has 1 N–H and O–H groups in total. The molecule has 4 rings (SSSR count). The third kappa shape index (κ3) is 3.58. The minimum Gasteiger partial charge on any atom is -0.468 e. The van der Waals surface area contributed by atoms with Gasteiger partial charge < -0.3 is 14.3 Å². The molecule has 2 aromatic heterocycles. The summed E-state index contributed by atoms with van der Waals surface area (Å²) in [5, 5.41) is 3.09. The van der Waals surface area contributed by atoms with Crippen molar-refractivity contribution in [3.05, 3.63) is 78.5 Å². The number of nitrogens with zero attached hydrogens (tertiary/aromatic N) is 2. The van der Waals surface area contributed by atoms with Gasteiger partial charge in [-0.1, -0.05) is 6.07 Å². The Bertz CT molecular complexity index is 834. The lowest BCUT2D eigenvalue weighted by Crippen LogP contribution is -2.36. The Balaban J connectivity index is 1.46. The summed E-state index contributed by atoms with van der Waals surface area (Å²) in [4.78, 5) is 15.1. The monoisotopic (exact) mass is 349 g/mol. The van der Waals surface area contributed by atoms with Gasteiger partial charge in [0.2, 0.25) is 0 Å². The maximum absolute atomic E-state index is 12.7. The second-order valence-corrected chi connectivity index (χ2v) is 6.62. The van der Waals surface area contributed by atoms with Crippen LogP contribution in [-0.4, -0.2) is 35.0 Å². The highest BCUT2D eigenvalue weighted by atomic mass is 16.3. The molecule has 0 aliphatic carbocycles. The van der Waals surface area contributed by atoms with Crippen LogP contribution in [-0.2, 0) is 0 Å². The van der Waals surface area contributed by atoms with Crippen LogP contribution in [0.5, 0.6) is 0 Å². The summed E-state index contributed by atoms with van der Waals surface area (Å²) in [5.74, 6) is 0.850. The van der Waals surface area contributed by atoms with Crippen LogP contribution in [0.25, 0.3) is 5.69 Å². The maximum atomic E-state index is 12.7. The van der Waals surface area contributed by atoms with E-state index in [1.54, 1.807) is 6.26 Å². The van der Waals surface area contributed by atoms with E-state index in [-0.39, 0.29) is 11.9 Å². The quantitative estimate of drug-likeness (QED) is 0.739. The molecular formula is C21H23N3O2. The lowest BCUT2D eigenvalue weighted by atomic mass is 10.1. The molecule has 1 atom stereocenters. The molecule has 134 valence electrons. The van der Waals surface area contributed by atoms with E-state index in [0.717, 1.165) is 24.5 Å². The molecule has 1 aromatic carbocycles. The van der Waals surface area contributed by atoms with E-state index in [0.29, 0.717) is 12.1 Å². The third-order valence-electron chi connectivity index (χ3n) is 4.92. The van der Waals surface area contributed by atoms with Crippen molar-refractivity contribution in [1.82, 2.24) is 14.8 Å². The van der Waals surface area contributed by atoms with E-state index < -0.39 is 0 Å². The van der Waals surface area contributed by atoms with Crippen LogP contribution in [0, 0.1) is 0 Å². The Kier molecular flexibility index (Phi) is 4.88. The fourth-order valence-corrected chi connectivity index (χ4v) is 3.55. The summed E-state index contributed by atoms with van der Waals surface area (Å²) in [7, 11) is 0. The first-order chi connectivity index (χ1) is 12.8. The number of hydrogen-bond donors (Lipinski definition) is 1. The average Bonchev–Trinajstić information content (AvgIpc) is 3.45. The molecule has 1 amide bonds. The summed E-state index contributed by atoms with van der Waals surface area (Å²) in [5.41, 5.74) is 1.64. The molecule has 0 unspecified atom stereocenters. The van der Waals surface area contributed by atoms with Gasteiger partial charge in [0.05, 0.1) is 12.3 Å². The summed E-state index contributed by atoms with van der Waals surface area (Å²) >= 11 is 0. The Hall–Kier alpha value is -2.79. The smallest absolute Gasteiger partial charge is 0.251 e. The minimum absolute atomic E-state index is 0.0604. The summed E-state index contributed by atoms with van der Waals surface area (Å²) in [6.07, 6.45) is 8.03. The lowest BCUT2D eigenvalue weighted by molar-refractivity contribution is 0.0933. The van der Waals surface area contributed by atoms with Gasteiger partial charge in [-0.3, -0.25) is 9.69 Å². The van der Waals surface area contributed by atoms with Crippen molar-refractivity contribution in [3.63, 3.8) is 0 Å². The molecule has 1 aliphatic heterocycles. The molecule has 0 spiro atoms. The second kappa shape index (κ2) is 7.62. The molecule has 3 aromatic rings. The number of amides is 1. The molecule has 1 fully saturated rings. The second-order valence-electron chi connectivity index (χ2n) is 6.62. The molecule has 5 nitrogen and oxygen atoms in total. The number of benzene rings is 1. The predicted molar refractivity (Wildman–Crippen MR) is 100 cm³/mol. The minimum atomic E-state index is -0.0604. The largest absolute Gasteiger partial charge is 0.468 e. The number of furan rings is 1. The van der Waals surface area contributed by atoms with Crippen LogP contribution < -0.4 is 5.32 Å². The van der Waals surface area contributed by atoms with E-state index in [4.69, 9.17) is 4.42 Å². The highest BCUT2D eigenvalue weighted by molar-refractivity contribution is 5.94. The number of nitrogens with one attached hydrogen (secondary N) is 1. The number of carbonyl (C=O) groups excluding carboxylic acids is 1. The van der Waals surface area contributed by atoms with Gasteiger partial charge in [-0.2, -0.15) is 0 Å². The average molecular weight is 349 g/mol. The normalized spacial score (nSPS) is 15.8. The Labute approximate surface area is 153 Å². The van der Waals surface area contributed by atoms with E-state index in [9.17, 15) is 4.79 Å². The van der Waals surface area contributed by atoms with Crippen LogP contribution in [0.1, 0.15) is 35.0 Å². The van der Waals surface area contributed by atoms with Gasteiger partial charge in [-0.25, -0.2) is 0 Å². The van der Waals surface area contributed by atoms with Gasteiger partial charge in [-0.15, -0.1) is 0 Å². The Morgan fingerprint density at radius 1 is 1.08 bits per heavy atom. The van der Waals surface area contributed by atoms with Crippen molar-refractivity contribution in [2.45, 2.75) is 18.9 Å². The SMILES string of the molecule is O=C(NC[C@H](c1ccco1)N1CCCC1)c1cccc(-n2cccc2)c1. The molecule has 1 aliphatic rings. The molecule has 0 saturated carbocycles. The zero-order valence-corrected chi connectivity index (χ0v) is 14.7. The fourth-order valence-electron chi connectivity index (χ4n) is 3.55. The molecule has 26 heavy (non-hydrogen) atoms. The first kappa shape index (κ1) is 16.7. The van der Waals surface area contributed by atoms with Gasteiger partial charge in [0.25, 0.3) is 5.91 Å². The molecular weight excluding hydrogens is 326 g/mol. The molecule has 1 saturated heterocycles. The first-order valence-electron chi connectivity index (χ1n) is 9.10. The fraction of sp³-hybridized carbons (Fsp3) is 0.286. The zero-order valence-electron chi connectivity index (χ0n) is 14.7. The van der Waals surface area contributed by atoms with E-state index in [1.165, 1.54) is 12.8 Å². The highest BCUT2D eigenvalue weighted by Crippen LogP contribution is 2.25. The van der Waals surface area contributed by atoms with Crippen molar-refractivity contribution < 1.29 is 9.21 Å². The van der Waals surface area contributed by atoms with Crippen LogP contribution in [0.15, 0.2) is 71.6 Å². The predicted octanol–water partition coefficient (Wildman–Crippen LogP) is 3.64. The lowest BCUT2D eigenvalue weighted by Gasteiger charge is -2.26. The van der Waals surface area contributed by atoms with Crippen molar-refractivity contribution in [3.8, 4) is 5.69 Å². The topological polar surface area (TPSA) is 50.4 Å². The maximum Gasteiger partial charge on any atom is 0.251 e. The highest BCUT2D eigenvalue weighted by Gasteiger charge is 2.26. The standard InChI is InChI=1S/C21H23N3O2/c25-21(17-7-5-8-18(15-17)23-10-1-2-11-23)22-16-19(20-9-6-14-26-20)24-12-3-4-13-24/h1-2,5-11,14-15,19H,3-4,12-13,16H2,(H,22,25)/t19-/m1/s1. The van der Waals surface area contributed by atoms with Crippen molar-refractivity contribution >= 4 is 5.91 Å². The Morgan fingerprint density at radius 3 is 2.62 bits per heavy atom. The van der Waals surface area contributed by atoms with E-state index in [1.807, 2.05) is 65.5 Å².